The Balaban J connectivity index is 2.63. The van der Waals surface area contributed by atoms with Gasteiger partial charge in [0.2, 0.25) is 11.8 Å². The quantitative estimate of drug-likeness (QED) is 0.759. The van der Waals surface area contributed by atoms with Crippen LogP contribution >= 0.6 is 0 Å². The van der Waals surface area contributed by atoms with E-state index in [1.165, 1.54) is 12.4 Å². The van der Waals surface area contributed by atoms with Crippen LogP contribution in [0.25, 0.3) is 0 Å². The van der Waals surface area contributed by atoms with E-state index in [0.29, 0.717) is 5.82 Å². The Morgan fingerprint density at radius 1 is 1.56 bits per heavy atom. The molecule has 0 unspecified atom stereocenters. The van der Waals surface area contributed by atoms with Crippen molar-refractivity contribution in [2.75, 3.05) is 18.5 Å². The van der Waals surface area contributed by atoms with Gasteiger partial charge in [-0.2, -0.15) is 4.98 Å². The van der Waals surface area contributed by atoms with Crippen LogP contribution in [0.2, 0.25) is 0 Å². The highest BCUT2D eigenvalue weighted by Gasteiger charge is 2.08. The number of amides is 1. The molecule has 0 saturated heterocycles. The average molecular weight is 225 g/mol. The zero-order valence-corrected chi connectivity index (χ0v) is 9.30. The van der Waals surface area contributed by atoms with Crippen molar-refractivity contribution >= 4 is 11.7 Å². The van der Waals surface area contributed by atoms with Crippen molar-refractivity contribution in [2.45, 2.75) is 13.8 Å². The van der Waals surface area contributed by atoms with Crippen LogP contribution < -0.4 is 10.1 Å². The first-order chi connectivity index (χ1) is 7.63. The van der Waals surface area contributed by atoms with Gasteiger partial charge in [0.05, 0.1) is 19.0 Å². The van der Waals surface area contributed by atoms with Crippen LogP contribution in [0.3, 0.4) is 0 Å². The minimum atomic E-state index is -0.131. The molecule has 0 saturated carbocycles. The number of hydrogen-bond donors (Lipinski definition) is 2. The van der Waals surface area contributed by atoms with E-state index in [1.807, 2.05) is 0 Å². The SMILES string of the molecule is CC(C)C(=O)Nc1cncc(OCCO)n1. The standard InChI is InChI=1S/C10H15N3O3/c1-7(2)10(15)13-8-5-11-6-9(12-8)16-4-3-14/h5-7,14H,3-4H2,1-2H3,(H,12,13,15). The van der Waals surface area contributed by atoms with Crippen LogP contribution in [0.5, 0.6) is 5.88 Å². The van der Waals surface area contributed by atoms with Crippen molar-refractivity contribution in [3.05, 3.63) is 12.4 Å². The molecule has 6 heteroatoms. The molecular formula is C10H15N3O3. The molecule has 0 radical (unpaired) electrons. The van der Waals surface area contributed by atoms with Crippen LogP contribution in [-0.2, 0) is 4.79 Å². The second-order valence-corrected chi connectivity index (χ2v) is 3.46. The molecule has 2 N–H and O–H groups in total. The van der Waals surface area contributed by atoms with Gasteiger partial charge in [0.15, 0.2) is 5.82 Å². The second-order valence-electron chi connectivity index (χ2n) is 3.46. The molecule has 0 bridgehead atoms. The summed E-state index contributed by atoms with van der Waals surface area (Å²) in [6, 6.07) is 0. The zero-order valence-electron chi connectivity index (χ0n) is 9.30. The summed E-state index contributed by atoms with van der Waals surface area (Å²) >= 11 is 0. The Morgan fingerprint density at radius 3 is 2.94 bits per heavy atom. The smallest absolute Gasteiger partial charge is 0.234 e. The predicted molar refractivity (Wildman–Crippen MR) is 58.1 cm³/mol. The number of nitrogens with zero attached hydrogens (tertiary/aromatic N) is 2. The van der Waals surface area contributed by atoms with E-state index in [9.17, 15) is 4.79 Å². The maximum atomic E-state index is 11.4. The van der Waals surface area contributed by atoms with Gasteiger partial charge in [-0.1, -0.05) is 13.8 Å². The van der Waals surface area contributed by atoms with Gasteiger partial charge in [-0.25, -0.2) is 0 Å². The molecular weight excluding hydrogens is 210 g/mol. The molecule has 0 atom stereocenters. The van der Waals surface area contributed by atoms with E-state index < -0.39 is 0 Å². The predicted octanol–water partition coefficient (Wildman–Crippen LogP) is 0.442. The summed E-state index contributed by atoms with van der Waals surface area (Å²) in [5, 5.41) is 11.2. The van der Waals surface area contributed by atoms with Crippen molar-refractivity contribution in [1.29, 1.82) is 0 Å². The molecule has 0 aliphatic carbocycles. The number of carbonyl (C=O) groups is 1. The summed E-state index contributed by atoms with van der Waals surface area (Å²) in [4.78, 5) is 19.2. The number of aliphatic hydroxyl groups excluding tert-OH is 1. The van der Waals surface area contributed by atoms with E-state index >= 15 is 0 Å². The van der Waals surface area contributed by atoms with E-state index in [-0.39, 0.29) is 30.9 Å². The Labute approximate surface area is 93.7 Å². The van der Waals surface area contributed by atoms with Crippen molar-refractivity contribution in [3.63, 3.8) is 0 Å². The van der Waals surface area contributed by atoms with Gasteiger partial charge < -0.3 is 15.2 Å². The molecule has 1 aromatic rings. The lowest BCUT2D eigenvalue weighted by molar-refractivity contribution is -0.118. The van der Waals surface area contributed by atoms with Crippen LogP contribution in [0, 0.1) is 5.92 Å². The Morgan fingerprint density at radius 2 is 2.31 bits per heavy atom. The third kappa shape index (κ3) is 3.82. The van der Waals surface area contributed by atoms with Crippen molar-refractivity contribution < 1.29 is 14.6 Å². The second kappa shape index (κ2) is 6.02. The van der Waals surface area contributed by atoms with Crippen molar-refractivity contribution in [3.8, 4) is 5.88 Å². The molecule has 0 spiro atoms. The first-order valence-corrected chi connectivity index (χ1v) is 5.00. The summed E-state index contributed by atoms with van der Waals surface area (Å²) in [6.45, 7) is 3.63. The highest BCUT2D eigenvalue weighted by Crippen LogP contribution is 2.09. The molecule has 6 nitrogen and oxygen atoms in total. The molecule has 0 aromatic carbocycles. The lowest BCUT2D eigenvalue weighted by Gasteiger charge is -2.08. The minimum absolute atomic E-state index is 0.0930. The molecule has 0 aliphatic rings. The normalized spacial score (nSPS) is 10.2. The van der Waals surface area contributed by atoms with E-state index in [0.717, 1.165) is 0 Å². The number of rotatable bonds is 5. The number of carbonyl (C=O) groups excluding carboxylic acids is 1. The topological polar surface area (TPSA) is 84.3 Å². The third-order valence-corrected chi connectivity index (χ3v) is 1.73. The van der Waals surface area contributed by atoms with Gasteiger partial charge in [-0.15, -0.1) is 0 Å². The molecule has 1 amide bonds. The summed E-state index contributed by atoms with van der Waals surface area (Å²) < 4.78 is 5.06. The number of aliphatic hydroxyl groups is 1. The lowest BCUT2D eigenvalue weighted by Crippen LogP contribution is -2.18. The molecule has 88 valence electrons. The highest BCUT2D eigenvalue weighted by atomic mass is 16.5. The van der Waals surface area contributed by atoms with E-state index in [1.54, 1.807) is 13.8 Å². The largest absolute Gasteiger partial charge is 0.474 e. The van der Waals surface area contributed by atoms with Crippen LogP contribution in [0.1, 0.15) is 13.8 Å². The van der Waals surface area contributed by atoms with E-state index in [4.69, 9.17) is 9.84 Å². The van der Waals surface area contributed by atoms with Crippen LogP contribution in [0.4, 0.5) is 5.82 Å². The Bertz CT molecular complexity index is 355. The summed E-state index contributed by atoms with van der Waals surface area (Å²) in [6.07, 6.45) is 2.85. The number of anilines is 1. The van der Waals surface area contributed by atoms with Gasteiger partial charge in [0.1, 0.15) is 6.61 Å². The minimum Gasteiger partial charge on any atom is -0.474 e. The molecule has 1 aromatic heterocycles. The van der Waals surface area contributed by atoms with Crippen molar-refractivity contribution in [1.82, 2.24) is 9.97 Å². The molecule has 0 fully saturated rings. The Kier molecular flexibility index (Phi) is 4.65. The monoisotopic (exact) mass is 225 g/mol. The fraction of sp³-hybridized carbons (Fsp3) is 0.500. The van der Waals surface area contributed by atoms with E-state index in [2.05, 4.69) is 15.3 Å². The summed E-state index contributed by atoms with van der Waals surface area (Å²) in [5.74, 6) is 0.363. The average Bonchev–Trinajstić information content (AvgIpc) is 2.26. The lowest BCUT2D eigenvalue weighted by atomic mass is 10.2. The highest BCUT2D eigenvalue weighted by molar-refractivity contribution is 5.90. The molecule has 16 heavy (non-hydrogen) atoms. The molecule has 0 aliphatic heterocycles. The number of hydrogen-bond acceptors (Lipinski definition) is 5. The maximum absolute atomic E-state index is 11.4. The first-order valence-electron chi connectivity index (χ1n) is 5.00. The number of aromatic nitrogens is 2. The first kappa shape index (κ1) is 12.4. The fourth-order valence-corrected chi connectivity index (χ4v) is 0.899. The summed E-state index contributed by atoms with van der Waals surface area (Å²) in [5.41, 5.74) is 0. The van der Waals surface area contributed by atoms with Crippen LogP contribution in [-0.4, -0.2) is 34.2 Å². The van der Waals surface area contributed by atoms with Gasteiger partial charge in [0, 0.05) is 5.92 Å². The Hall–Kier alpha value is -1.69. The fourth-order valence-electron chi connectivity index (χ4n) is 0.899. The van der Waals surface area contributed by atoms with Gasteiger partial charge in [-0.3, -0.25) is 9.78 Å². The third-order valence-electron chi connectivity index (χ3n) is 1.73. The maximum Gasteiger partial charge on any atom is 0.234 e. The van der Waals surface area contributed by atoms with Gasteiger partial charge >= 0.3 is 0 Å². The molecule has 1 rings (SSSR count). The summed E-state index contributed by atoms with van der Waals surface area (Å²) in [7, 11) is 0. The molecule has 1 heterocycles. The zero-order chi connectivity index (χ0) is 12.0. The van der Waals surface area contributed by atoms with Gasteiger partial charge in [0.25, 0.3) is 0 Å². The van der Waals surface area contributed by atoms with Crippen LogP contribution in [0.15, 0.2) is 12.4 Å². The number of nitrogens with one attached hydrogen (secondary N) is 1. The van der Waals surface area contributed by atoms with Crippen molar-refractivity contribution in [2.24, 2.45) is 5.92 Å². The van der Waals surface area contributed by atoms with Gasteiger partial charge in [-0.05, 0) is 0 Å². The number of ether oxygens (including phenoxy) is 1.